The molecule has 0 saturated carbocycles. The van der Waals surface area contributed by atoms with Gasteiger partial charge in [-0.2, -0.15) is 9.57 Å². The van der Waals surface area contributed by atoms with Crippen LogP contribution < -0.4 is 0 Å². The van der Waals surface area contributed by atoms with Crippen molar-refractivity contribution in [3.8, 4) is 6.07 Å². The van der Waals surface area contributed by atoms with Gasteiger partial charge in [-0.05, 0) is 36.8 Å². The number of rotatable bonds is 5. The lowest BCUT2D eigenvalue weighted by Gasteiger charge is -2.27. The van der Waals surface area contributed by atoms with E-state index in [2.05, 4.69) is 4.98 Å². The van der Waals surface area contributed by atoms with Gasteiger partial charge in [0.15, 0.2) is 0 Å². The van der Waals surface area contributed by atoms with Crippen LogP contribution in [-0.4, -0.2) is 24.3 Å². The number of pyridine rings is 1. The van der Waals surface area contributed by atoms with Crippen LogP contribution in [-0.2, 0) is 10.0 Å². The summed E-state index contributed by atoms with van der Waals surface area (Å²) in [5.41, 5.74) is 1.11. The molecule has 5 nitrogen and oxygen atoms in total. The molecule has 0 fully saturated rings. The minimum atomic E-state index is -3.79. The topological polar surface area (TPSA) is 74.1 Å². The molecule has 7 heteroatoms. The van der Waals surface area contributed by atoms with Crippen LogP contribution in [0.3, 0.4) is 0 Å². The molecular weight excluding hydrogens is 334 g/mol. The Morgan fingerprint density at radius 2 is 2.13 bits per heavy atom. The first-order valence-corrected chi connectivity index (χ1v) is 8.85. The lowest BCUT2D eigenvalue weighted by Crippen LogP contribution is -2.33. The summed E-state index contributed by atoms with van der Waals surface area (Å²) >= 11 is 6.08. The van der Waals surface area contributed by atoms with Gasteiger partial charge in [0.1, 0.15) is 4.90 Å². The minimum absolute atomic E-state index is 0.00393. The Bertz CT molecular complexity index is 832. The highest BCUT2D eigenvalue weighted by atomic mass is 35.5. The number of aromatic nitrogens is 1. The summed E-state index contributed by atoms with van der Waals surface area (Å²) in [6.07, 6.45) is 3.28. The van der Waals surface area contributed by atoms with Gasteiger partial charge in [0.05, 0.1) is 16.7 Å². The number of halogens is 1. The summed E-state index contributed by atoms with van der Waals surface area (Å²) in [6.45, 7) is 3.85. The zero-order valence-electron chi connectivity index (χ0n) is 12.8. The molecule has 2 aromatic rings. The Balaban J connectivity index is 2.46. The summed E-state index contributed by atoms with van der Waals surface area (Å²) in [5.74, 6) is 0. The van der Waals surface area contributed by atoms with E-state index in [0.717, 1.165) is 5.56 Å². The maximum atomic E-state index is 12.9. The fourth-order valence-corrected chi connectivity index (χ4v) is 4.50. The van der Waals surface area contributed by atoms with Gasteiger partial charge in [0.25, 0.3) is 0 Å². The SMILES string of the molecule is CCN(C(C)c1cccnc1)S(=O)(=O)c1ccc(C#N)cc1Cl. The molecule has 23 heavy (non-hydrogen) atoms. The third kappa shape index (κ3) is 3.53. The molecule has 0 aliphatic rings. The van der Waals surface area contributed by atoms with E-state index in [1.165, 1.54) is 22.5 Å². The molecule has 0 spiro atoms. The number of sulfonamides is 1. The van der Waals surface area contributed by atoms with Crippen LogP contribution in [0, 0.1) is 11.3 Å². The zero-order chi connectivity index (χ0) is 17.0. The van der Waals surface area contributed by atoms with E-state index < -0.39 is 10.0 Å². The second-order valence-corrected chi connectivity index (χ2v) is 7.19. The number of nitrogens with zero attached hydrogens (tertiary/aromatic N) is 3. The normalized spacial score (nSPS) is 12.8. The first-order chi connectivity index (χ1) is 10.9. The smallest absolute Gasteiger partial charge is 0.245 e. The summed E-state index contributed by atoms with van der Waals surface area (Å²) in [5, 5.41) is 8.92. The second-order valence-electron chi connectivity index (χ2n) is 4.93. The second kappa shape index (κ2) is 7.09. The maximum absolute atomic E-state index is 12.9. The molecule has 1 atom stereocenters. The predicted molar refractivity (Wildman–Crippen MR) is 88.4 cm³/mol. The van der Waals surface area contributed by atoms with Crippen molar-refractivity contribution in [2.45, 2.75) is 24.8 Å². The van der Waals surface area contributed by atoms with Crippen molar-refractivity contribution in [3.05, 3.63) is 58.9 Å². The van der Waals surface area contributed by atoms with Crippen LogP contribution >= 0.6 is 11.6 Å². The van der Waals surface area contributed by atoms with Gasteiger partial charge in [0, 0.05) is 25.0 Å². The maximum Gasteiger partial charge on any atom is 0.245 e. The summed E-state index contributed by atoms with van der Waals surface area (Å²) in [4.78, 5) is 4.03. The van der Waals surface area contributed by atoms with E-state index in [0.29, 0.717) is 5.56 Å². The highest BCUT2D eigenvalue weighted by molar-refractivity contribution is 7.89. The molecule has 1 aromatic heterocycles. The van der Waals surface area contributed by atoms with Gasteiger partial charge < -0.3 is 0 Å². The lowest BCUT2D eigenvalue weighted by atomic mass is 10.1. The van der Waals surface area contributed by atoms with Crippen LogP contribution in [0.4, 0.5) is 0 Å². The van der Waals surface area contributed by atoms with Crippen molar-refractivity contribution in [1.29, 1.82) is 5.26 Å². The Morgan fingerprint density at radius 3 is 2.65 bits per heavy atom. The van der Waals surface area contributed by atoms with E-state index in [-0.39, 0.29) is 22.5 Å². The number of hydrogen-bond acceptors (Lipinski definition) is 4. The third-order valence-electron chi connectivity index (χ3n) is 3.56. The zero-order valence-corrected chi connectivity index (χ0v) is 14.3. The van der Waals surface area contributed by atoms with Gasteiger partial charge in [0.2, 0.25) is 10.0 Å². The largest absolute Gasteiger partial charge is 0.264 e. The van der Waals surface area contributed by atoms with Gasteiger partial charge in [-0.15, -0.1) is 0 Å². The van der Waals surface area contributed by atoms with E-state index in [1.54, 1.807) is 32.3 Å². The molecule has 1 heterocycles. The van der Waals surface area contributed by atoms with Gasteiger partial charge in [-0.1, -0.05) is 24.6 Å². The molecule has 120 valence electrons. The van der Waals surface area contributed by atoms with E-state index >= 15 is 0 Å². The average molecular weight is 350 g/mol. The summed E-state index contributed by atoms with van der Waals surface area (Å²) in [6, 6.07) is 9.32. The first-order valence-electron chi connectivity index (χ1n) is 7.03. The van der Waals surface area contributed by atoms with Crippen LogP contribution in [0.2, 0.25) is 5.02 Å². The molecule has 0 bridgehead atoms. The molecule has 1 aromatic carbocycles. The molecule has 0 radical (unpaired) electrons. The number of hydrogen-bond donors (Lipinski definition) is 0. The summed E-state index contributed by atoms with van der Waals surface area (Å²) in [7, 11) is -3.79. The molecule has 0 aliphatic carbocycles. The Kier molecular flexibility index (Phi) is 5.37. The Labute approximate surface area is 141 Å². The van der Waals surface area contributed by atoms with Crippen molar-refractivity contribution in [2.24, 2.45) is 0 Å². The van der Waals surface area contributed by atoms with Crippen molar-refractivity contribution in [2.75, 3.05) is 6.54 Å². The van der Waals surface area contributed by atoms with Crippen LogP contribution in [0.25, 0.3) is 0 Å². The van der Waals surface area contributed by atoms with Crippen LogP contribution in [0.5, 0.6) is 0 Å². The monoisotopic (exact) mass is 349 g/mol. The Hall–Kier alpha value is -1.94. The molecular formula is C16H16ClN3O2S. The number of benzene rings is 1. The van der Waals surface area contributed by atoms with E-state index in [9.17, 15) is 8.42 Å². The lowest BCUT2D eigenvalue weighted by molar-refractivity contribution is 0.356. The van der Waals surface area contributed by atoms with Gasteiger partial charge in [-0.25, -0.2) is 8.42 Å². The van der Waals surface area contributed by atoms with E-state index in [1.807, 2.05) is 12.1 Å². The van der Waals surface area contributed by atoms with Crippen molar-refractivity contribution in [1.82, 2.24) is 9.29 Å². The molecule has 0 N–H and O–H groups in total. The molecule has 2 rings (SSSR count). The van der Waals surface area contributed by atoms with Crippen molar-refractivity contribution >= 4 is 21.6 Å². The fourth-order valence-electron chi connectivity index (χ4n) is 2.35. The highest BCUT2D eigenvalue weighted by Gasteiger charge is 2.30. The summed E-state index contributed by atoms with van der Waals surface area (Å²) < 4.78 is 27.2. The van der Waals surface area contributed by atoms with Gasteiger partial charge >= 0.3 is 0 Å². The third-order valence-corrected chi connectivity index (χ3v) is 6.09. The van der Waals surface area contributed by atoms with Crippen LogP contribution in [0.1, 0.15) is 31.0 Å². The average Bonchev–Trinajstić information content (AvgIpc) is 2.55. The first kappa shape index (κ1) is 17.4. The highest BCUT2D eigenvalue weighted by Crippen LogP contribution is 2.31. The number of nitriles is 1. The molecule has 0 amide bonds. The van der Waals surface area contributed by atoms with Crippen LogP contribution in [0.15, 0.2) is 47.6 Å². The molecule has 1 unspecified atom stereocenters. The predicted octanol–water partition coefficient (Wildman–Crippen LogP) is 3.38. The molecule has 0 aliphatic heterocycles. The van der Waals surface area contributed by atoms with E-state index in [4.69, 9.17) is 16.9 Å². The van der Waals surface area contributed by atoms with Crippen molar-refractivity contribution in [3.63, 3.8) is 0 Å². The quantitative estimate of drug-likeness (QED) is 0.829. The fraction of sp³-hybridized carbons (Fsp3) is 0.250. The minimum Gasteiger partial charge on any atom is -0.264 e. The van der Waals surface area contributed by atoms with Crippen molar-refractivity contribution < 1.29 is 8.42 Å². The van der Waals surface area contributed by atoms with Gasteiger partial charge in [-0.3, -0.25) is 4.98 Å². The molecule has 0 saturated heterocycles. The standard InChI is InChI=1S/C16H16ClN3O2S/c1-3-20(12(2)14-5-4-8-19-11-14)23(21,22)16-7-6-13(10-18)9-15(16)17/h4-9,11-12H,3H2,1-2H3. The Morgan fingerprint density at radius 1 is 1.39 bits per heavy atom.